The van der Waals surface area contributed by atoms with Crippen LogP contribution >= 0.6 is 0 Å². The third-order valence-corrected chi connectivity index (χ3v) is 6.21. The van der Waals surface area contributed by atoms with Crippen LogP contribution < -0.4 is 0 Å². The summed E-state index contributed by atoms with van der Waals surface area (Å²) in [5.74, 6) is -1.72. The fourth-order valence-corrected chi connectivity index (χ4v) is 5.16. The lowest BCUT2D eigenvalue weighted by molar-refractivity contribution is -0.307. The van der Waals surface area contributed by atoms with Crippen LogP contribution in [0.1, 0.15) is 69.2 Å². The molecular weight excluding hydrogens is 438 g/mol. The van der Waals surface area contributed by atoms with Gasteiger partial charge in [-0.2, -0.15) is 0 Å². The summed E-state index contributed by atoms with van der Waals surface area (Å²) in [5.41, 5.74) is 0. The van der Waals surface area contributed by atoms with E-state index < -0.39 is 23.6 Å². The van der Waals surface area contributed by atoms with Crippen molar-refractivity contribution in [2.24, 2.45) is 0 Å². The molecule has 2 unspecified atom stereocenters. The molecule has 4 saturated heterocycles. The predicted octanol–water partition coefficient (Wildman–Crippen LogP) is 2.43. The van der Waals surface area contributed by atoms with E-state index in [4.69, 9.17) is 53.6 Å². The van der Waals surface area contributed by atoms with E-state index in [0.717, 1.165) is 0 Å². The van der Waals surface area contributed by atoms with Gasteiger partial charge in [0.1, 0.15) is 52.3 Å². The Bertz CT molecular complexity index is 623. The maximum absolute atomic E-state index is 5.93. The smallest absolute Gasteiger partial charge is 0.224 e. The van der Waals surface area contributed by atoms with Crippen molar-refractivity contribution in [1.29, 1.82) is 0 Å². The predicted molar refractivity (Wildman–Crippen MR) is 128 cm³/mol. The second-order valence-electron chi connectivity index (χ2n) is 10.6. The highest BCUT2D eigenvalue weighted by Crippen LogP contribution is 2.48. The van der Waals surface area contributed by atoms with Crippen molar-refractivity contribution in [2.45, 2.75) is 154 Å². The molecule has 4 fully saturated rings. The third kappa shape index (κ3) is 5.25. The Labute approximate surface area is 207 Å². The van der Waals surface area contributed by atoms with Crippen LogP contribution in [0.15, 0.2) is 0 Å². The minimum absolute atomic E-state index is 0.0309. The first-order valence-corrected chi connectivity index (χ1v) is 12.6. The number of fused-ring (bicyclic) bond motifs is 4. The van der Waals surface area contributed by atoms with Crippen LogP contribution in [0.4, 0.5) is 0 Å². The third-order valence-electron chi connectivity index (χ3n) is 6.21. The van der Waals surface area contributed by atoms with E-state index in [2.05, 4.69) is 0 Å². The van der Waals surface area contributed by atoms with Crippen molar-refractivity contribution in [2.75, 3.05) is 0 Å². The molecule has 0 N–H and O–H groups in total. The lowest BCUT2D eigenvalue weighted by Crippen LogP contribution is -2.51. The minimum atomic E-state index is -0.859. The molecular formula is C24H42B2O8. The molecule has 4 aliphatic rings. The molecule has 4 aliphatic heterocycles. The van der Waals surface area contributed by atoms with Crippen molar-refractivity contribution in [3.05, 3.63) is 0 Å². The first-order valence-electron chi connectivity index (χ1n) is 12.6. The highest BCUT2D eigenvalue weighted by Gasteiger charge is 2.67. The fourth-order valence-electron chi connectivity index (χ4n) is 5.16. The molecule has 8 nitrogen and oxygen atoms in total. The summed E-state index contributed by atoms with van der Waals surface area (Å²) in [6, 6.07) is -0.956. The molecule has 0 saturated carbocycles. The van der Waals surface area contributed by atoms with Crippen molar-refractivity contribution in [1.82, 2.24) is 0 Å². The van der Waals surface area contributed by atoms with Gasteiger partial charge < -0.3 is 37.9 Å². The first-order chi connectivity index (χ1) is 15.7. The van der Waals surface area contributed by atoms with E-state index in [1.807, 2.05) is 69.2 Å². The molecule has 0 aromatic heterocycles. The molecule has 0 aliphatic carbocycles. The summed E-state index contributed by atoms with van der Waals surface area (Å²) in [5, 5.41) is 0. The molecule has 192 valence electrons. The van der Waals surface area contributed by atoms with Gasteiger partial charge in [0.25, 0.3) is 0 Å². The van der Waals surface area contributed by atoms with Gasteiger partial charge in [-0.05, 0) is 69.2 Å². The van der Waals surface area contributed by atoms with Crippen molar-refractivity contribution in [3.8, 4) is 0 Å². The van der Waals surface area contributed by atoms with Gasteiger partial charge in [-0.15, -0.1) is 0 Å². The van der Waals surface area contributed by atoms with Crippen molar-refractivity contribution in [3.63, 3.8) is 0 Å². The van der Waals surface area contributed by atoms with Crippen molar-refractivity contribution < 1.29 is 37.9 Å². The molecule has 10 atom stereocenters. The SMILES string of the molecule is [B][C@@H]1O[C@]2(OC(C)C)C(OC(C)C)[C@@H]1O[C@@H]2C.[B][C@@H]1O[C@]2(OC(C)C)C(OC(C)C)[C@@H]1O[C@H]2C. The first kappa shape index (κ1) is 28.4. The zero-order chi connectivity index (χ0) is 25.6. The van der Waals surface area contributed by atoms with Gasteiger partial charge in [-0.3, -0.25) is 0 Å². The summed E-state index contributed by atoms with van der Waals surface area (Å²) in [6.07, 6.45) is -1.11. The Morgan fingerprint density at radius 2 is 0.912 bits per heavy atom. The van der Waals surface area contributed by atoms with Crippen molar-refractivity contribution >= 4 is 15.7 Å². The average molecular weight is 480 g/mol. The van der Waals surface area contributed by atoms with Crippen LogP contribution in [0, 0.1) is 0 Å². The number of rotatable bonds is 8. The van der Waals surface area contributed by atoms with E-state index in [1.54, 1.807) is 0 Å². The van der Waals surface area contributed by atoms with E-state index >= 15 is 0 Å². The molecule has 4 rings (SSSR count). The zero-order valence-electron chi connectivity index (χ0n) is 22.3. The summed E-state index contributed by atoms with van der Waals surface area (Å²) in [7, 11) is 11.8. The van der Waals surface area contributed by atoms with Crippen LogP contribution in [0.3, 0.4) is 0 Å². The van der Waals surface area contributed by atoms with Crippen LogP contribution in [-0.2, 0) is 37.9 Å². The van der Waals surface area contributed by atoms with Crippen LogP contribution in [-0.4, -0.2) is 100 Å². The largest absolute Gasteiger partial charge is 0.367 e. The van der Waals surface area contributed by atoms with Gasteiger partial charge in [-0.25, -0.2) is 0 Å². The molecule has 4 heterocycles. The van der Waals surface area contributed by atoms with Crippen LogP contribution in [0.5, 0.6) is 0 Å². The lowest BCUT2D eigenvalue weighted by Gasteiger charge is -2.37. The Kier molecular flexibility index (Phi) is 8.90. The van der Waals surface area contributed by atoms with Crippen LogP contribution in [0.2, 0.25) is 0 Å². The molecule has 34 heavy (non-hydrogen) atoms. The van der Waals surface area contributed by atoms with E-state index in [9.17, 15) is 0 Å². The van der Waals surface area contributed by atoms with Gasteiger partial charge in [0.15, 0.2) is 0 Å². The monoisotopic (exact) mass is 480 g/mol. The van der Waals surface area contributed by atoms with E-state index in [1.165, 1.54) is 0 Å². The second kappa shape index (κ2) is 10.7. The summed E-state index contributed by atoms with van der Waals surface area (Å²) >= 11 is 0. The Balaban J connectivity index is 0.000000191. The molecule has 4 radical (unpaired) electrons. The molecule has 0 spiro atoms. The van der Waals surface area contributed by atoms with Gasteiger partial charge in [-0.1, -0.05) is 0 Å². The Morgan fingerprint density at radius 3 is 1.18 bits per heavy atom. The molecule has 0 amide bonds. The topological polar surface area (TPSA) is 73.8 Å². The zero-order valence-corrected chi connectivity index (χ0v) is 22.3. The number of hydrogen-bond acceptors (Lipinski definition) is 8. The quantitative estimate of drug-likeness (QED) is 0.491. The van der Waals surface area contributed by atoms with Gasteiger partial charge in [0.2, 0.25) is 11.6 Å². The number of ether oxygens (including phenoxy) is 8. The molecule has 0 aromatic carbocycles. The normalized spacial score (nSPS) is 45.1. The van der Waals surface area contributed by atoms with E-state index in [-0.39, 0.29) is 61.0 Å². The molecule has 4 bridgehead atoms. The van der Waals surface area contributed by atoms with Gasteiger partial charge >= 0.3 is 0 Å². The maximum Gasteiger partial charge on any atom is 0.224 e. The average Bonchev–Trinajstić information content (AvgIpc) is 3.26. The second-order valence-corrected chi connectivity index (χ2v) is 10.6. The van der Waals surface area contributed by atoms with Gasteiger partial charge in [0, 0.05) is 12.0 Å². The highest BCUT2D eigenvalue weighted by molar-refractivity contribution is 6.12. The minimum Gasteiger partial charge on any atom is -0.367 e. The van der Waals surface area contributed by atoms with E-state index in [0.29, 0.717) is 0 Å². The molecule has 0 aromatic rings. The fraction of sp³-hybridized carbons (Fsp3) is 1.00. The van der Waals surface area contributed by atoms with Crippen LogP contribution in [0.25, 0.3) is 0 Å². The summed E-state index contributed by atoms with van der Waals surface area (Å²) in [6.45, 7) is 19.7. The maximum atomic E-state index is 5.93. The number of hydrogen-bond donors (Lipinski definition) is 0. The Hall–Kier alpha value is -0.190. The lowest BCUT2D eigenvalue weighted by atomic mass is 9.93. The highest BCUT2D eigenvalue weighted by atomic mass is 16.8. The summed E-state index contributed by atoms with van der Waals surface area (Å²) in [4.78, 5) is 0. The molecule has 10 heteroatoms. The standard InChI is InChI=1S/2C12H21BO4/c2*1-6(2)14-10-9-11(13)17-12(10,8(5)15-9)16-7(3)4/h2*6-11H,1-5H3/t8-,9+,10?,11-,12+;8-,9-,10?,11+,12-/m10/s1. The summed E-state index contributed by atoms with van der Waals surface area (Å²) < 4.78 is 46.8. The Morgan fingerprint density at radius 1 is 0.588 bits per heavy atom. The van der Waals surface area contributed by atoms with Gasteiger partial charge in [0.05, 0.1) is 24.4 Å².